The van der Waals surface area contributed by atoms with E-state index in [2.05, 4.69) is 26.1 Å². The maximum atomic E-state index is 11.8. The van der Waals surface area contributed by atoms with Gasteiger partial charge in [-0.1, -0.05) is 19.3 Å². The van der Waals surface area contributed by atoms with Gasteiger partial charge in [0.2, 0.25) is 5.91 Å². The van der Waals surface area contributed by atoms with Crippen LogP contribution in [0.25, 0.3) is 0 Å². The third-order valence-corrected chi connectivity index (χ3v) is 5.35. The molecule has 1 unspecified atom stereocenters. The Morgan fingerprint density at radius 3 is 2.88 bits per heavy atom. The fourth-order valence-electron chi connectivity index (χ4n) is 3.95. The lowest BCUT2D eigenvalue weighted by Gasteiger charge is -2.33. The Hall–Kier alpha value is -1.44. The third kappa shape index (κ3) is 5.03. The fourth-order valence-corrected chi connectivity index (χ4v) is 3.95. The molecule has 0 bridgehead atoms. The van der Waals surface area contributed by atoms with Gasteiger partial charge < -0.3 is 16.2 Å². The van der Waals surface area contributed by atoms with E-state index in [1.165, 1.54) is 37.8 Å². The molecule has 1 fully saturated rings. The van der Waals surface area contributed by atoms with Gasteiger partial charge in [-0.3, -0.25) is 14.4 Å². The van der Waals surface area contributed by atoms with Crippen molar-refractivity contribution < 1.29 is 9.90 Å². The lowest BCUT2D eigenvalue weighted by Crippen LogP contribution is -2.36. The van der Waals surface area contributed by atoms with Crippen molar-refractivity contribution in [3.05, 3.63) is 17.5 Å². The molecule has 4 N–H and O–H groups in total. The Labute approximate surface area is 149 Å². The molecule has 1 amide bonds. The summed E-state index contributed by atoms with van der Waals surface area (Å²) in [5, 5.41) is 16.9. The van der Waals surface area contributed by atoms with E-state index in [0.717, 1.165) is 37.8 Å². The first kappa shape index (κ1) is 18.4. The molecular formula is C18H31N5O2. The van der Waals surface area contributed by atoms with Gasteiger partial charge in [-0.2, -0.15) is 5.10 Å². The number of aliphatic hydroxyl groups is 1. The predicted octanol–water partition coefficient (Wildman–Crippen LogP) is 0.747. The highest BCUT2D eigenvalue weighted by atomic mass is 16.3. The number of fused-ring (bicyclic) bond motifs is 1. The van der Waals surface area contributed by atoms with Gasteiger partial charge in [-0.25, -0.2) is 0 Å². The van der Waals surface area contributed by atoms with E-state index in [9.17, 15) is 9.90 Å². The maximum Gasteiger partial charge on any atom is 0.222 e. The largest absolute Gasteiger partial charge is 0.391 e. The monoisotopic (exact) mass is 349 g/mol. The van der Waals surface area contributed by atoms with Crippen LogP contribution in [0.2, 0.25) is 0 Å². The molecule has 2 heterocycles. The summed E-state index contributed by atoms with van der Waals surface area (Å²) in [5.41, 5.74) is 7.46. The van der Waals surface area contributed by atoms with E-state index in [4.69, 9.17) is 5.73 Å². The molecule has 0 saturated heterocycles. The van der Waals surface area contributed by atoms with Crippen LogP contribution in [-0.4, -0.2) is 50.9 Å². The van der Waals surface area contributed by atoms with Crippen molar-refractivity contribution >= 4 is 5.91 Å². The lowest BCUT2D eigenvalue weighted by molar-refractivity contribution is -0.123. The van der Waals surface area contributed by atoms with Crippen LogP contribution in [-0.2, 0) is 24.4 Å². The van der Waals surface area contributed by atoms with Crippen molar-refractivity contribution in [3.63, 3.8) is 0 Å². The van der Waals surface area contributed by atoms with Crippen molar-refractivity contribution in [2.24, 2.45) is 5.73 Å². The van der Waals surface area contributed by atoms with Gasteiger partial charge >= 0.3 is 0 Å². The highest BCUT2D eigenvalue weighted by Gasteiger charge is 2.24. The molecule has 140 valence electrons. The minimum absolute atomic E-state index is 0.0412. The van der Waals surface area contributed by atoms with Gasteiger partial charge in [0.1, 0.15) is 0 Å². The summed E-state index contributed by atoms with van der Waals surface area (Å²) >= 11 is 0. The number of carbonyl (C=O) groups excluding carboxylic acids is 1. The van der Waals surface area contributed by atoms with Crippen molar-refractivity contribution in [3.8, 4) is 0 Å². The zero-order valence-corrected chi connectivity index (χ0v) is 15.0. The van der Waals surface area contributed by atoms with Gasteiger partial charge in [-0.05, 0) is 25.3 Å². The maximum absolute atomic E-state index is 11.8. The van der Waals surface area contributed by atoms with Gasteiger partial charge in [0, 0.05) is 32.2 Å². The van der Waals surface area contributed by atoms with E-state index in [1.54, 1.807) is 0 Å². The van der Waals surface area contributed by atoms with Crippen LogP contribution in [0.4, 0.5) is 0 Å². The molecule has 2 aliphatic rings. The lowest BCUT2D eigenvalue weighted by atomic mass is 9.94. The van der Waals surface area contributed by atoms with Crippen LogP contribution >= 0.6 is 0 Å². The van der Waals surface area contributed by atoms with Gasteiger partial charge in [0.05, 0.1) is 30.5 Å². The number of nitrogens with one attached hydrogen (secondary N) is 1. The van der Waals surface area contributed by atoms with E-state index >= 15 is 0 Å². The summed E-state index contributed by atoms with van der Waals surface area (Å²) < 4.78 is 2.10. The fraction of sp³-hybridized carbons (Fsp3) is 0.778. The van der Waals surface area contributed by atoms with E-state index in [1.807, 2.05) is 0 Å². The molecule has 7 heteroatoms. The number of nitrogens with zero attached hydrogens (tertiary/aromatic N) is 3. The SMILES string of the molecule is NCC(O)CC(=O)NCc1cc2n(n1)CCCN(C1CCCCC1)C2. The standard InChI is InChI=1S/C18H31N5O2/c19-11-17(24)10-18(25)20-12-14-9-16-13-22(7-4-8-23(16)21-14)15-5-2-1-3-6-15/h9,15,17,24H,1-8,10-13,19H2,(H,20,25). The summed E-state index contributed by atoms with van der Waals surface area (Å²) in [6.45, 7) is 3.55. The second-order valence-corrected chi connectivity index (χ2v) is 7.34. The molecule has 1 atom stereocenters. The topological polar surface area (TPSA) is 96.4 Å². The summed E-state index contributed by atoms with van der Waals surface area (Å²) in [5.74, 6) is -0.190. The van der Waals surface area contributed by atoms with Gasteiger partial charge in [0.15, 0.2) is 0 Å². The first-order valence-corrected chi connectivity index (χ1v) is 9.60. The molecule has 3 rings (SSSR count). The smallest absolute Gasteiger partial charge is 0.222 e. The van der Waals surface area contributed by atoms with Gasteiger partial charge in [0.25, 0.3) is 0 Å². The first-order chi connectivity index (χ1) is 12.2. The number of nitrogens with two attached hydrogens (primary N) is 1. The normalized spacial score (nSPS) is 20.7. The molecule has 0 radical (unpaired) electrons. The van der Waals surface area contributed by atoms with Crippen LogP contribution in [0, 0.1) is 0 Å². The number of aliphatic hydroxyl groups excluding tert-OH is 1. The quantitative estimate of drug-likeness (QED) is 0.704. The second-order valence-electron chi connectivity index (χ2n) is 7.34. The highest BCUT2D eigenvalue weighted by Crippen LogP contribution is 2.25. The molecule has 1 saturated carbocycles. The third-order valence-electron chi connectivity index (χ3n) is 5.35. The molecule has 0 aromatic carbocycles. The van der Waals surface area contributed by atoms with E-state index in [0.29, 0.717) is 6.54 Å². The minimum atomic E-state index is -0.775. The minimum Gasteiger partial charge on any atom is -0.391 e. The Morgan fingerprint density at radius 1 is 1.32 bits per heavy atom. The Kier molecular flexibility index (Phi) is 6.45. The van der Waals surface area contributed by atoms with Gasteiger partial charge in [-0.15, -0.1) is 0 Å². The average Bonchev–Trinajstić information content (AvgIpc) is 2.91. The molecule has 1 aliphatic heterocycles. The number of amides is 1. The summed E-state index contributed by atoms with van der Waals surface area (Å²) in [7, 11) is 0. The molecule has 0 spiro atoms. The first-order valence-electron chi connectivity index (χ1n) is 9.60. The summed E-state index contributed by atoms with van der Waals surface area (Å²) in [6, 6.07) is 2.83. The highest BCUT2D eigenvalue weighted by molar-refractivity contribution is 5.76. The van der Waals surface area contributed by atoms with Crippen LogP contribution in [0.3, 0.4) is 0 Å². The van der Waals surface area contributed by atoms with E-state index in [-0.39, 0.29) is 18.9 Å². The van der Waals surface area contributed by atoms with Crippen molar-refractivity contribution in [2.75, 3.05) is 13.1 Å². The van der Waals surface area contributed by atoms with Crippen molar-refractivity contribution in [2.45, 2.75) is 76.7 Å². The van der Waals surface area contributed by atoms with Crippen LogP contribution in [0.15, 0.2) is 6.07 Å². The molecule has 25 heavy (non-hydrogen) atoms. The van der Waals surface area contributed by atoms with E-state index < -0.39 is 6.10 Å². The predicted molar refractivity (Wildman–Crippen MR) is 95.7 cm³/mol. The number of hydrogen-bond donors (Lipinski definition) is 3. The number of aryl methyl sites for hydroxylation is 1. The number of hydrogen-bond acceptors (Lipinski definition) is 5. The number of carbonyl (C=O) groups is 1. The van der Waals surface area contributed by atoms with Crippen LogP contribution < -0.4 is 11.1 Å². The Balaban J connectivity index is 1.56. The molecular weight excluding hydrogens is 318 g/mol. The van der Waals surface area contributed by atoms with Crippen LogP contribution in [0.1, 0.15) is 56.3 Å². The molecule has 7 nitrogen and oxygen atoms in total. The van der Waals surface area contributed by atoms with Crippen molar-refractivity contribution in [1.29, 1.82) is 0 Å². The van der Waals surface area contributed by atoms with Crippen molar-refractivity contribution in [1.82, 2.24) is 20.0 Å². The zero-order chi connectivity index (χ0) is 17.6. The second kappa shape index (κ2) is 8.78. The number of aromatic nitrogens is 2. The number of rotatable bonds is 6. The molecule has 1 aliphatic carbocycles. The molecule has 1 aromatic rings. The summed E-state index contributed by atoms with van der Waals surface area (Å²) in [4.78, 5) is 14.4. The average molecular weight is 349 g/mol. The zero-order valence-electron chi connectivity index (χ0n) is 15.0. The summed E-state index contributed by atoms with van der Waals surface area (Å²) in [6.07, 6.45) is 7.12. The Morgan fingerprint density at radius 2 is 2.12 bits per heavy atom. The Bertz CT molecular complexity index is 568. The molecule has 1 aromatic heterocycles. The van der Waals surface area contributed by atoms with Crippen LogP contribution in [0.5, 0.6) is 0 Å².